The van der Waals surface area contributed by atoms with E-state index in [0.29, 0.717) is 40.9 Å². The summed E-state index contributed by atoms with van der Waals surface area (Å²) in [5.41, 5.74) is 0.00527. The van der Waals surface area contributed by atoms with Crippen LogP contribution < -0.4 is 9.64 Å². The van der Waals surface area contributed by atoms with Crippen LogP contribution in [0.15, 0.2) is 72.8 Å². The van der Waals surface area contributed by atoms with Gasteiger partial charge in [0, 0.05) is 30.2 Å². The molecule has 2 fully saturated rings. The minimum absolute atomic E-state index is 0.0628. The van der Waals surface area contributed by atoms with Gasteiger partial charge in [-0.15, -0.1) is 11.8 Å². The molecule has 2 aliphatic heterocycles. The summed E-state index contributed by atoms with van der Waals surface area (Å²) in [6.45, 7) is 4.61. The highest BCUT2D eigenvalue weighted by Crippen LogP contribution is 2.48. The minimum atomic E-state index is -4.53. The summed E-state index contributed by atoms with van der Waals surface area (Å²) < 4.78 is 52.2. The fourth-order valence-corrected chi connectivity index (χ4v) is 6.58. The second-order valence-electron chi connectivity index (χ2n) is 10.1. The molecule has 3 aromatic rings. The third-order valence-electron chi connectivity index (χ3n) is 6.84. The number of rotatable bonds is 6. The zero-order chi connectivity index (χ0) is 29.3. The fraction of sp³-hybridized carbons (Fsp3) is 0.333. The first-order chi connectivity index (χ1) is 19.5. The number of anilines is 1. The Morgan fingerprint density at radius 1 is 1.00 bits per heavy atom. The molecule has 6 nitrogen and oxygen atoms in total. The number of hydrogen-bond acceptors (Lipinski definition) is 5. The molecule has 0 spiro atoms. The number of benzene rings is 3. The van der Waals surface area contributed by atoms with Crippen LogP contribution in [0.3, 0.4) is 0 Å². The van der Waals surface area contributed by atoms with Crippen molar-refractivity contribution in [1.82, 2.24) is 4.90 Å². The molecule has 0 radical (unpaired) electrons. The number of morpholine rings is 1. The van der Waals surface area contributed by atoms with E-state index in [4.69, 9.17) is 21.1 Å². The summed E-state index contributed by atoms with van der Waals surface area (Å²) in [4.78, 5) is 30.1. The lowest BCUT2D eigenvalue weighted by atomic mass is 10.1. The van der Waals surface area contributed by atoms with Crippen LogP contribution in [0, 0.1) is 0 Å². The molecule has 11 heteroatoms. The van der Waals surface area contributed by atoms with Gasteiger partial charge in [0.25, 0.3) is 0 Å². The van der Waals surface area contributed by atoms with Crippen molar-refractivity contribution < 1.29 is 32.2 Å². The normalized spacial score (nSPS) is 23.1. The highest BCUT2D eigenvalue weighted by Gasteiger charge is 2.44. The Morgan fingerprint density at radius 3 is 2.22 bits per heavy atom. The van der Waals surface area contributed by atoms with E-state index < -0.39 is 22.4 Å². The average Bonchev–Trinajstić information content (AvgIpc) is 3.25. The van der Waals surface area contributed by atoms with Crippen molar-refractivity contribution >= 4 is 40.9 Å². The molecule has 4 unspecified atom stereocenters. The van der Waals surface area contributed by atoms with E-state index in [2.05, 4.69) is 0 Å². The first kappa shape index (κ1) is 29.3. The first-order valence-corrected chi connectivity index (χ1v) is 14.4. The lowest BCUT2D eigenvalue weighted by Crippen LogP contribution is -2.49. The number of nitrogens with zero attached hydrogens (tertiary/aromatic N) is 2. The van der Waals surface area contributed by atoms with Gasteiger partial charge >= 0.3 is 6.18 Å². The van der Waals surface area contributed by atoms with Gasteiger partial charge in [0.1, 0.15) is 16.9 Å². The molecule has 0 saturated carbocycles. The van der Waals surface area contributed by atoms with Gasteiger partial charge in [-0.05, 0) is 80.1 Å². The van der Waals surface area contributed by atoms with Gasteiger partial charge in [-0.25, -0.2) is 0 Å². The maximum absolute atomic E-state index is 13.8. The molecule has 2 amide bonds. The molecular formula is C30H28ClF3N2O4S. The molecule has 4 atom stereocenters. The van der Waals surface area contributed by atoms with E-state index in [1.54, 1.807) is 59.5 Å². The predicted molar refractivity (Wildman–Crippen MR) is 152 cm³/mol. The van der Waals surface area contributed by atoms with Gasteiger partial charge in [-0.1, -0.05) is 23.7 Å². The van der Waals surface area contributed by atoms with E-state index in [1.807, 2.05) is 13.8 Å². The van der Waals surface area contributed by atoms with Crippen molar-refractivity contribution in [3.63, 3.8) is 0 Å². The maximum atomic E-state index is 13.8. The Bertz CT molecular complexity index is 1390. The highest BCUT2D eigenvalue weighted by atomic mass is 35.5. The molecule has 2 saturated heterocycles. The Labute approximate surface area is 245 Å². The summed E-state index contributed by atoms with van der Waals surface area (Å²) >= 11 is 7.12. The largest absolute Gasteiger partial charge is 0.457 e. The number of halogens is 4. The third-order valence-corrected chi connectivity index (χ3v) is 8.53. The van der Waals surface area contributed by atoms with Crippen LogP contribution in [0.2, 0.25) is 5.02 Å². The van der Waals surface area contributed by atoms with Crippen molar-refractivity contribution in [2.24, 2.45) is 0 Å². The first-order valence-electron chi connectivity index (χ1n) is 13.1. The molecule has 0 aliphatic carbocycles. The van der Waals surface area contributed by atoms with E-state index in [9.17, 15) is 22.8 Å². The van der Waals surface area contributed by atoms with Crippen molar-refractivity contribution in [2.45, 2.75) is 49.3 Å². The van der Waals surface area contributed by atoms with Crippen LogP contribution in [0.4, 0.5) is 18.9 Å². The summed E-state index contributed by atoms with van der Waals surface area (Å²) in [6.07, 6.45) is -4.85. The van der Waals surface area contributed by atoms with Gasteiger partial charge in [0.15, 0.2) is 0 Å². The molecule has 3 aromatic carbocycles. The summed E-state index contributed by atoms with van der Waals surface area (Å²) in [6, 6.07) is 18.5. The average molecular weight is 605 g/mol. The van der Waals surface area contributed by atoms with Crippen LogP contribution in [0.5, 0.6) is 11.5 Å². The maximum Gasteiger partial charge on any atom is 0.416 e. The standard InChI is InChI=1S/C30H28ClF3N2O4S/c1-18-16-35(17-19(2)39-18)27(37)15-26-28(38)36(29(41-26)20-4-3-5-21(14-20)30(32,33)34)23-8-12-25(13-9-23)40-24-10-6-22(31)7-11-24/h3-14,18-19,26,29H,15-17H2,1-2H3. The molecule has 216 valence electrons. The van der Waals surface area contributed by atoms with Gasteiger partial charge < -0.3 is 14.4 Å². The van der Waals surface area contributed by atoms with Crippen LogP contribution in [-0.4, -0.2) is 47.3 Å². The quantitative estimate of drug-likeness (QED) is 0.295. The Balaban J connectivity index is 1.41. The SMILES string of the molecule is CC1CN(C(=O)CC2SC(c3cccc(C(F)(F)F)c3)N(c3ccc(Oc4ccc(Cl)cc4)cc3)C2=O)CC(C)O1. The fourth-order valence-electron chi connectivity index (χ4n) is 5.02. The molecule has 5 rings (SSSR count). The molecule has 2 heterocycles. The van der Waals surface area contributed by atoms with E-state index >= 15 is 0 Å². The van der Waals surface area contributed by atoms with E-state index in [0.717, 1.165) is 12.1 Å². The van der Waals surface area contributed by atoms with Crippen LogP contribution in [0.25, 0.3) is 0 Å². The Kier molecular flexibility index (Phi) is 8.54. The minimum Gasteiger partial charge on any atom is -0.457 e. The lowest BCUT2D eigenvalue weighted by Gasteiger charge is -2.35. The monoisotopic (exact) mass is 604 g/mol. The topological polar surface area (TPSA) is 59.1 Å². The molecule has 0 bridgehead atoms. The van der Waals surface area contributed by atoms with Crippen LogP contribution in [-0.2, 0) is 20.5 Å². The van der Waals surface area contributed by atoms with Crippen LogP contribution >= 0.6 is 23.4 Å². The summed E-state index contributed by atoms with van der Waals surface area (Å²) in [5.74, 6) is 0.552. The van der Waals surface area contributed by atoms with Crippen molar-refractivity contribution in [2.75, 3.05) is 18.0 Å². The smallest absolute Gasteiger partial charge is 0.416 e. The zero-order valence-electron chi connectivity index (χ0n) is 22.3. The Hall–Kier alpha value is -3.21. The number of hydrogen-bond donors (Lipinski definition) is 0. The molecule has 2 aliphatic rings. The van der Waals surface area contributed by atoms with Gasteiger partial charge in [-0.2, -0.15) is 13.2 Å². The van der Waals surface area contributed by atoms with E-state index in [-0.39, 0.29) is 30.4 Å². The zero-order valence-corrected chi connectivity index (χ0v) is 23.9. The predicted octanol–water partition coefficient (Wildman–Crippen LogP) is 7.32. The summed E-state index contributed by atoms with van der Waals surface area (Å²) in [7, 11) is 0. The lowest BCUT2D eigenvalue weighted by molar-refractivity contribution is -0.143. The van der Waals surface area contributed by atoms with Crippen molar-refractivity contribution in [1.29, 1.82) is 0 Å². The number of carbonyl (C=O) groups is 2. The van der Waals surface area contributed by atoms with Gasteiger partial charge in [0.2, 0.25) is 11.8 Å². The molecule has 0 N–H and O–H groups in total. The number of carbonyl (C=O) groups excluding carboxylic acids is 2. The highest BCUT2D eigenvalue weighted by molar-refractivity contribution is 8.01. The number of ether oxygens (including phenoxy) is 2. The number of amides is 2. The van der Waals surface area contributed by atoms with E-state index in [1.165, 1.54) is 22.7 Å². The summed E-state index contributed by atoms with van der Waals surface area (Å²) in [5, 5.41) is -0.947. The number of thioether (sulfide) groups is 1. The van der Waals surface area contributed by atoms with Gasteiger partial charge in [-0.3, -0.25) is 14.5 Å². The molecule has 41 heavy (non-hydrogen) atoms. The molecule has 0 aromatic heterocycles. The Morgan fingerprint density at radius 2 is 1.61 bits per heavy atom. The van der Waals surface area contributed by atoms with Crippen LogP contribution in [0.1, 0.15) is 36.8 Å². The third kappa shape index (κ3) is 6.82. The molecular weight excluding hydrogens is 577 g/mol. The number of alkyl halides is 3. The van der Waals surface area contributed by atoms with Crippen molar-refractivity contribution in [3.05, 3.63) is 88.9 Å². The second-order valence-corrected chi connectivity index (χ2v) is 11.8. The van der Waals surface area contributed by atoms with Gasteiger partial charge in [0.05, 0.1) is 23.0 Å². The second kappa shape index (κ2) is 12.0. The van der Waals surface area contributed by atoms with Crippen molar-refractivity contribution in [3.8, 4) is 11.5 Å².